The summed E-state index contributed by atoms with van der Waals surface area (Å²) in [6, 6.07) is 57.9. The van der Waals surface area contributed by atoms with Crippen molar-refractivity contribution in [2.45, 2.75) is 124 Å². The molecule has 0 bridgehead atoms. The van der Waals surface area contributed by atoms with Gasteiger partial charge in [0.05, 0.1) is 0 Å². The zero-order valence-electron chi connectivity index (χ0n) is 39.9. The predicted octanol–water partition coefficient (Wildman–Crippen LogP) is 17.7. The summed E-state index contributed by atoms with van der Waals surface area (Å²) in [4.78, 5) is 2.45. The summed E-state index contributed by atoms with van der Waals surface area (Å²) in [5.41, 5.74) is 21.7. The highest BCUT2D eigenvalue weighted by molar-refractivity contribution is 5.87. The van der Waals surface area contributed by atoms with Crippen LogP contribution in [0.25, 0.3) is 44.5 Å². The first-order chi connectivity index (χ1) is 29.0. The molecule has 316 valence electrons. The molecule has 0 amide bonds. The first-order valence-electron chi connectivity index (χ1n) is 22.7. The van der Waals surface area contributed by atoms with Crippen molar-refractivity contribution in [2.24, 2.45) is 0 Å². The van der Waals surface area contributed by atoms with E-state index in [0.29, 0.717) is 0 Å². The van der Waals surface area contributed by atoms with Crippen LogP contribution < -0.4 is 4.90 Å². The number of benzene rings is 7. The summed E-state index contributed by atoms with van der Waals surface area (Å²) >= 11 is 0. The summed E-state index contributed by atoms with van der Waals surface area (Å²) < 4.78 is 0. The van der Waals surface area contributed by atoms with Crippen molar-refractivity contribution in [3.63, 3.8) is 0 Å². The van der Waals surface area contributed by atoms with Gasteiger partial charge in [0, 0.05) is 22.5 Å². The molecule has 1 aliphatic carbocycles. The van der Waals surface area contributed by atoms with Crippen LogP contribution in [0.3, 0.4) is 0 Å². The molecule has 62 heavy (non-hydrogen) atoms. The topological polar surface area (TPSA) is 3.24 Å². The van der Waals surface area contributed by atoms with Crippen LogP contribution in [0.15, 0.2) is 152 Å². The van der Waals surface area contributed by atoms with Crippen molar-refractivity contribution in [2.75, 3.05) is 4.90 Å². The molecule has 0 saturated heterocycles. The average Bonchev–Trinajstić information content (AvgIpc) is 3.45. The maximum absolute atomic E-state index is 2.45. The third-order valence-corrected chi connectivity index (χ3v) is 13.2. The van der Waals surface area contributed by atoms with Crippen molar-refractivity contribution in [3.8, 4) is 44.5 Å². The molecule has 0 atom stereocenters. The van der Waals surface area contributed by atoms with E-state index < -0.39 is 0 Å². The maximum Gasteiger partial charge on any atom is 0.0467 e. The van der Waals surface area contributed by atoms with E-state index in [2.05, 4.69) is 253 Å². The molecule has 1 nitrogen and oxygen atoms in total. The predicted molar refractivity (Wildman–Crippen MR) is 270 cm³/mol. The Morgan fingerprint density at radius 2 is 0.758 bits per heavy atom. The monoisotopic (exact) mass is 814 g/mol. The number of hydrogen-bond donors (Lipinski definition) is 0. The molecule has 0 spiro atoms. The first kappa shape index (κ1) is 43.0. The van der Waals surface area contributed by atoms with E-state index in [1.165, 1.54) is 77.9 Å². The quantitative estimate of drug-likeness (QED) is 0.162. The Labute approximate surface area is 373 Å². The molecular formula is C61H67N. The molecule has 1 aliphatic rings. The summed E-state index contributed by atoms with van der Waals surface area (Å²) in [6.07, 6.45) is 0. The smallest absolute Gasteiger partial charge is 0.0467 e. The minimum Gasteiger partial charge on any atom is -0.310 e. The number of rotatable bonds is 6. The molecule has 0 aliphatic heterocycles. The zero-order valence-corrected chi connectivity index (χ0v) is 39.9. The molecule has 7 aromatic carbocycles. The minimum absolute atomic E-state index is 0.0194. The van der Waals surface area contributed by atoms with Gasteiger partial charge in [0.15, 0.2) is 0 Å². The van der Waals surface area contributed by atoms with Gasteiger partial charge in [-0.05, 0) is 142 Å². The van der Waals surface area contributed by atoms with Crippen LogP contribution in [0.2, 0.25) is 0 Å². The Kier molecular flexibility index (Phi) is 10.6. The van der Waals surface area contributed by atoms with Gasteiger partial charge in [0.2, 0.25) is 0 Å². The number of fused-ring (bicyclic) bond motifs is 3. The molecule has 0 unspecified atom stereocenters. The van der Waals surface area contributed by atoms with E-state index in [9.17, 15) is 0 Å². The van der Waals surface area contributed by atoms with Crippen LogP contribution in [0.4, 0.5) is 17.1 Å². The molecule has 7 aromatic rings. The number of nitrogens with zero attached hydrogens (tertiary/aromatic N) is 1. The summed E-state index contributed by atoms with van der Waals surface area (Å²) in [5, 5.41) is 0. The van der Waals surface area contributed by atoms with Gasteiger partial charge < -0.3 is 4.90 Å². The Bertz CT molecular complexity index is 2750. The largest absolute Gasteiger partial charge is 0.310 e. The molecule has 0 aromatic heterocycles. The summed E-state index contributed by atoms with van der Waals surface area (Å²) in [7, 11) is 0. The van der Waals surface area contributed by atoms with Gasteiger partial charge in [0.1, 0.15) is 0 Å². The van der Waals surface area contributed by atoms with Crippen molar-refractivity contribution < 1.29 is 0 Å². The highest BCUT2D eigenvalue weighted by Crippen LogP contribution is 2.51. The third kappa shape index (κ3) is 8.32. The number of anilines is 3. The lowest BCUT2D eigenvalue weighted by Gasteiger charge is -2.29. The van der Waals surface area contributed by atoms with E-state index in [-0.39, 0.29) is 27.1 Å². The Balaban J connectivity index is 1.26. The van der Waals surface area contributed by atoms with Gasteiger partial charge in [0.25, 0.3) is 0 Å². The van der Waals surface area contributed by atoms with Gasteiger partial charge in [-0.3, -0.25) is 0 Å². The summed E-state index contributed by atoms with van der Waals surface area (Å²) in [5.74, 6) is 0. The Hall–Kier alpha value is -5.66. The lowest BCUT2D eigenvalue weighted by atomic mass is 9.78. The molecule has 0 heterocycles. The molecule has 0 fully saturated rings. The van der Waals surface area contributed by atoms with Gasteiger partial charge in [-0.1, -0.05) is 206 Å². The second kappa shape index (κ2) is 15.3. The SMILES string of the molecule is CC(C)(C)c1cccc(-c2cccc(N(c3ccc(-c4cc(-c5cc(C(C)(C)C)cc(C(C)(C)C)c5)cc(C(C)(C)C)c4)cc3)c3ccc4c(c3)C(C)(C)c3ccccc3-4)c2)c1. The molecule has 0 saturated carbocycles. The third-order valence-electron chi connectivity index (χ3n) is 13.2. The van der Waals surface area contributed by atoms with E-state index in [0.717, 1.165) is 17.1 Å². The second-order valence-corrected chi connectivity index (χ2v) is 22.5. The lowest BCUT2D eigenvalue weighted by Crippen LogP contribution is -2.16. The van der Waals surface area contributed by atoms with Crippen LogP contribution in [0.1, 0.15) is 130 Å². The fourth-order valence-corrected chi connectivity index (χ4v) is 9.13. The fraction of sp³-hybridized carbons (Fsp3) is 0.311. The molecule has 1 heteroatoms. The van der Waals surface area contributed by atoms with Crippen LogP contribution in [0.5, 0.6) is 0 Å². The Morgan fingerprint density at radius 1 is 0.306 bits per heavy atom. The minimum atomic E-state index is -0.109. The fourth-order valence-electron chi connectivity index (χ4n) is 9.13. The van der Waals surface area contributed by atoms with E-state index >= 15 is 0 Å². The zero-order chi connectivity index (χ0) is 44.6. The summed E-state index contributed by atoms with van der Waals surface area (Å²) in [6.45, 7) is 32.5. The average molecular weight is 814 g/mol. The molecule has 8 rings (SSSR count). The van der Waals surface area contributed by atoms with Crippen LogP contribution in [-0.2, 0) is 27.1 Å². The van der Waals surface area contributed by atoms with Crippen molar-refractivity contribution in [1.29, 1.82) is 0 Å². The van der Waals surface area contributed by atoms with Crippen molar-refractivity contribution in [3.05, 3.63) is 185 Å². The standard InChI is InChI=1S/C61H67N/c1-57(2,3)46-21-17-19-41(32-46)42-20-18-22-51(37-42)62(52-29-30-54-53-23-15-16-24-55(53)61(13,14)56(54)39-52)50-27-25-40(26-28-50)43-31-44(34-47(33-43)58(4,5)6)45-35-48(59(7,8)9)38-49(36-45)60(10,11)12/h15-39H,1-14H3. The highest BCUT2D eigenvalue weighted by Gasteiger charge is 2.36. The van der Waals surface area contributed by atoms with Gasteiger partial charge in [-0.25, -0.2) is 0 Å². The van der Waals surface area contributed by atoms with Gasteiger partial charge in [-0.2, -0.15) is 0 Å². The first-order valence-corrected chi connectivity index (χ1v) is 22.7. The van der Waals surface area contributed by atoms with Crippen LogP contribution in [-0.4, -0.2) is 0 Å². The normalized spacial score (nSPS) is 13.8. The highest BCUT2D eigenvalue weighted by atomic mass is 15.1. The molecule has 0 radical (unpaired) electrons. The lowest BCUT2D eigenvalue weighted by molar-refractivity contribution is 0.569. The van der Waals surface area contributed by atoms with Crippen LogP contribution in [0, 0.1) is 0 Å². The molecular weight excluding hydrogens is 747 g/mol. The molecule has 0 N–H and O–H groups in total. The maximum atomic E-state index is 2.45. The van der Waals surface area contributed by atoms with E-state index in [1.54, 1.807) is 0 Å². The van der Waals surface area contributed by atoms with Crippen LogP contribution >= 0.6 is 0 Å². The second-order valence-electron chi connectivity index (χ2n) is 22.5. The van der Waals surface area contributed by atoms with E-state index in [1.807, 2.05) is 0 Å². The number of hydrogen-bond acceptors (Lipinski definition) is 1. The van der Waals surface area contributed by atoms with Gasteiger partial charge >= 0.3 is 0 Å². The van der Waals surface area contributed by atoms with Crippen molar-refractivity contribution in [1.82, 2.24) is 0 Å². The van der Waals surface area contributed by atoms with Gasteiger partial charge in [-0.15, -0.1) is 0 Å². The Morgan fingerprint density at radius 3 is 1.35 bits per heavy atom. The van der Waals surface area contributed by atoms with E-state index in [4.69, 9.17) is 0 Å². The van der Waals surface area contributed by atoms with Crippen molar-refractivity contribution >= 4 is 17.1 Å².